The molecule has 5 nitrogen and oxygen atoms in total. The van der Waals surface area contributed by atoms with Crippen LogP contribution in [0, 0.1) is 6.92 Å². The summed E-state index contributed by atoms with van der Waals surface area (Å²) in [5.41, 5.74) is 1.26. The minimum absolute atomic E-state index is 0.439. The topological polar surface area (TPSA) is 60.2 Å². The number of methoxy groups -OCH3 is 1. The fraction of sp³-hybridized carbons (Fsp3) is 0.625. The van der Waals surface area contributed by atoms with Crippen LogP contribution in [0.3, 0.4) is 0 Å². The van der Waals surface area contributed by atoms with Gasteiger partial charge in [-0.05, 0) is 49.6 Å². The monoisotopic (exact) mass is 321 g/mol. The van der Waals surface area contributed by atoms with Gasteiger partial charge in [0.2, 0.25) is 5.89 Å². The highest BCUT2D eigenvalue weighted by Crippen LogP contribution is 2.32. The molecule has 0 spiro atoms. The Bertz CT molecular complexity index is 588. The van der Waals surface area contributed by atoms with Gasteiger partial charge in [0.1, 0.15) is 0 Å². The highest BCUT2D eigenvalue weighted by molar-refractivity contribution is 7.10. The van der Waals surface area contributed by atoms with Crippen LogP contribution >= 0.6 is 11.3 Å². The van der Waals surface area contributed by atoms with Gasteiger partial charge in [-0.15, -0.1) is 11.3 Å². The number of nitrogens with one attached hydrogen (secondary N) is 1. The van der Waals surface area contributed by atoms with Gasteiger partial charge in [-0.25, -0.2) is 0 Å². The SMILES string of the molecule is COCc1csc(CNC2CCC(c3nc(C)no3)CC2)c1. The van der Waals surface area contributed by atoms with Crippen molar-refractivity contribution in [1.82, 2.24) is 15.5 Å². The van der Waals surface area contributed by atoms with Crippen molar-refractivity contribution in [2.75, 3.05) is 7.11 Å². The van der Waals surface area contributed by atoms with Crippen LogP contribution in [0.15, 0.2) is 16.0 Å². The summed E-state index contributed by atoms with van der Waals surface area (Å²) in [5.74, 6) is 1.99. The van der Waals surface area contributed by atoms with Crippen molar-refractivity contribution in [2.24, 2.45) is 0 Å². The van der Waals surface area contributed by atoms with Crippen LogP contribution in [0.2, 0.25) is 0 Å². The van der Waals surface area contributed by atoms with E-state index in [9.17, 15) is 0 Å². The van der Waals surface area contributed by atoms with E-state index in [1.54, 1.807) is 18.4 Å². The van der Waals surface area contributed by atoms with Crippen molar-refractivity contribution in [3.8, 4) is 0 Å². The van der Waals surface area contributed by atoms with Crippen LogP contribution in [0.1, 0.15) is 53.8 Å². The molecule has 0 amide bonds. The molecule has 2 aromatic heterocycles. The van der Waals surface area contributed by atoms with Crippen LogP contribution in [0.5, 0.6) is 0 Å². The molecule has 0 radical (unpaired) electrons. The zero-order valence-corrected chi connectivity index (χ0v) is 14.0. The molecule has 3 rings (SSSR count). The second-order valence-electron chi connectivity index (χ2n) is 5.96. The molecule has 0 atom stereocenters. The number of thiophene rings is 1. The third-order valence-corrected chi connectivity index (χ3v) is 5.19. The highest BCUT2D eigenvalue weighted by Gasteiger charge is 2.25. The number of nitrogens with zero attached hydrogens (tertiary/aromatic N) is 2. The minimum Gasteiger partial charge on any atom is -0.380 e. The quantitative estimate of drug-likeness (QED) is 0.883. The first-order valence-electron chi connectivity index (χ1n) is 7.83. The summed E-state index contributed by atoms with van der Waals surface area (Å²) in [5, 5.41) is 9.74. The summed E-state index contributed by atoms with van der Waals surface area (Å²) >= 11 is 1.80. The number of hydrogen-bond donors (Lipinski definition) is 1. The largest absolute Gasteiger partial charge is 0.380 e. The normalized spacial score (nSPS) is 22.1. The van der Waals surface area contributed by atoms with Crippen molar-refractivity contribution >= 4 is 11.3 Å². The first-order valence-corrected chi connectivity index (χ1v) is 8.71. The molecule has 1 aliphatic carbocycles. The standard InChI is InChI=1S/C16H23N3O2S/c1-11-18-16(21-19-11)13-3-5-14(6-4-13)17-8-15-7-12(9-20-2)10-22-15/h7,10,13-14,17H,3-6,8-9H2,1-2H3. The predicted octanol–water partition coefficient (Wildman–Crippen LogP) is 3.40. The van der Waals surface area contributed by atoms with Crippen molar-refractivity contribution < 1.29 is 9.26 Å². The maximum atomic E-state index is 5.30. The second-order valence-corrected chi connectivity index (χ2v) is 6.96. The van der Waals surface area contributed by atoms with E-state index in [4.69, 9.17) is 9.26 Å². The smallest absolute Gasteiger partial charge is 0.229 e. The molecule has 120 valence electrons. The molecule has 0 saturated heterocycles. The van der Waals surface area contributed by atoms with Gasteiger partial charge in [0.05, 0.1) is 6.61 Å². The highest BCUT2D eigenvalue weighted by atomic mass is 32.1. The van der Waals surface area contributed by atoms with E-state index in [0.717, 1.165) is 31.1 Å². The molecule has 0 bridgehead atoms. The molecule has 1 aliphatic rings. The summed E-state index contributed by atoms with van der Waals surface area (Å²) in [6.07, 6.45) is 4.59. The molecule has 1 saturated carbocycles. The Labute approximate surface area is 135 Å². The fourth-order valence-electron chi connectivity index (χ4n) is 3.03. The van der Waals surface area contributed by atoms with Crippen LogP contribution in [-0.2, 0) is 17.9 Å². The lowest BCUT2D eigenvalue weighted by atomic mass is 9.86. The zero-order chi connectivity index (χ0) is 15.4. The first-order chi connectivity index (χ1) is 10.7. The van der Waals surface area contributed by atoms with E-state index in [2.05, 4.69) is 26.9 Å². The Morgan fingerprint density at radius 1 is 1.36 bits per heavy atom. The average molecular weight is 321 g/mol. The van der Waals surface area contributed by atoms with Crippen molar-refractivity contribution in [2.45, 2.75) is 57.7 Å². The van der Waals surface area contributed by atoms with Crippen LogP contribution in [0.25, 0.3) is 0 Å². The first kappa shape index (κ1) is 15.6. The van der Waals surface area contributed by atoms with Crippen LogP contribution in [0.4, 0.5) is 0 Å². The molecule has 0 unspecified atom stereocenters. The van der Waals surface area contributed by atoms with Gasteiger partial charge >= 0.3 is 0 Å². The Kier molecular flexibility index (Phi) is 5.23. The lowest BCUT2D eigenvalue weighted by Crippen LogP contribution is -2.32. The third-order valence-electron chi connectivity index (χ3n) is 4.20. The summed E-state index contributed by atoms with van der Waals surface area (Å²) in [7, 11) is 1.74. The number of hydrogen-bond acceptors (Lipinski definition) is 6. The van der Waals surface area contributed by atoms with Gasteiger partial charge in [-0.3, -0.25) is 0 Å². The van der Waals surface area contributed by atoms with Crippen molar-refractivity contribution in [3.63, 3.8) is 0 Å². The zero-order valence-electron chi connectivity index (χ0n) is 13.2. The fourth-order valence-corrected chi connectivity index (χ4v) is 3.85. The van der Waals surface area contributed by atoms with Crippen molar-refractivity contribution in [1.29, 1.82) is 0 Å². The molecule has 6 heteroatoms. The molecule has 0 aromatic carbocycles. The average Bonchev–Trinajstić information content (AvgIpc) is 3.15. The Morgan fingerprint density at radius 3 is 2.86 bits per heavy atom. The minimum atomic E-state index is 0.439. The number of ether oxygens (including phenoxy) is 1. The summed E-state index contributed by atoms with van der Waals surface area (Å²) in [6, 6.07) is 2.82. The Balaban J connectivity index is 1.43. The van der Waals surface area contributed by atoms with E-state index in [0.29, 0.717) is 18.6 Å². The van der Waals surface area contributed by atoms with Crippen LogP contribution < -0.4 is 5.32 Å². The Morgan fingerprint density at radius 2 is 2.18 bits per heavy atom. The Hall–Kier alpha value is -1.24. The van der Waals surface area contributed by atoms with Gasteiger partial charge in [-0.1, -0.05) is 5.16 Å². The van der Waals surface area contributed by atoms with Gasteiger partial charge in [0.15, 0.2) is 5.82 Å². The molecule has 22 heavy (non-hydrogen) atoms. The van der Waals surface area contributed by atoms with E-state index >= 15 is 0 Å². The molecule has 2 heterocycles. The summed E-state index contributed by atoms with van der Waals surface area (Å²) < 4.78 is 10.5. The molecular formula is C16H23N3O2S. The van der Waals surface area contributed by atoms with Crippen molar-refractivity contribution in [3.05, 3.63) is 33.6 Å². The van der Waals surface area contributed by atoms with Gasteiger partial charge in [0.25, 0.3) is 0 Å². The van der Waals surface area contributed by atoms with Gasteiger partial charge < -0.3 is 14.6 Å². The molecule has 1 fully saturated rings. The third kappa shape index (κ3) is 3.94. The van der Waals surface area contributed by atoms with Gasteiger partial charge in [0, 0.05) is 30.5 Å². The number of aromatic nitrogens is 2. The lowest BCUT2D eigenvalue weighted by Gasteiger charge is -2.27. The molecular weight excluding hydrogens is 298 g/mol. The second kappa shape index (κ2) is 7.35. The number of rotatable bonds is 6. The number of aryl methyl sites for hydroxylation is 1. The lowest BCUT2D eigenvalue weighted by molar-refractivity contribution is 0.185. The predicted molar refractivity (Wildman–Crippen MR) is 85.9 cm³/mol. The molecule has 0 aliphatic heterocycles. The van der Waals surface area contributed by atoms with E-state index in [1.165, 1.54) is 23.3 Å². The maximum Gasteiger partial charge on any atom is 0.229 e. The molecule has 1 N–H and O–H groups in total. The summed E-state index contributed by atoms with van der Waals surface area (Å²) in [6.45, 7) is 3.52. The van der Waals surface area contributed by atoms with E-state index < -0.39 is 0 Å². The van der Waals surface area contributed by atoms with Gasteiger partial charge in [-0.2, -0.15) is 4.98 Å². The van der Waals surface area contributed by atoms with Crippen LogP contribution in [-0.4, -0.2) is 23.3 Å². The maximum absolute atomic E-state index is 5.30. The van der Waals surface area contributed by atoms with E-state index in [1.807, 2.05) is 6.92 Å². The molecule has 2 aromatic rings. The summed E-state index contributed by atoms with van der Waals surface area (Å²) in [4.78, 5) is 5.74. The van der Waals surface area contributed by atoms with E-state index in [-0.39, 0.29) is 0 Å².